The van der Waals surface area contributed by atoms with Crippen LogP contribution in [-0.2, 0) is 10.2 Å². The van der Waals surface area contributed by atoms with Crippen LogP contribution in [0, 0.1) is 0 Å². The lowest BCUT2D eigenvalue weighted by atomic mass is 10.0. The van der Waals surface area contributed by atoms with Crippen molar-refractivity contribution in [1.29, 1.82) is 0 Å². The first kappa shape index (κ1) is 17.7. The van der Waals surface area contributed by atoms with Crippen LogP contribution in [0.2, 0.25) is 0 Å². The van der Waals surface area contributed by atoms with Crippen LogP contribution >= 0.6 is 11.8 Å². The van der Waals surface area contributed by atoms with E-state index in [1.54, 1.807) is 19.0 Å². The molecule has 0 rings (SSSR count). The van der Waals surface area contributed by atoms with Gasteiger partial charge in [-0.2, -0.15) is 20.2 Å². The fraction of sp³-hybridized carbons (Fsp3) is 0.909. The Morgan fingerprint density at radius 1 is 1.33 bits per heavy atom. The summed E-state index contributed by atoms with van der Waals surface area (Å²) in [5, 5.41) is 4.92. The van der Waals surface area contributed by atoms with Crippen molar-refractivity contribution in [3.63, 3.8) is 0 Å². The molecule has 0 aliphatic rings. The standard InChI is InChI=1S/C11H25N3O2S2/c1-11(2,17-5)9-7-6-8-10(14(3)4)13-18(12,15)16/h6-9H2,1-5H3,(H2,12,15,16)/b13-10-. The van der Waals surface area contributed by atoms with Crippen molar-refractivity contribution in [3.05, 3.63) is 0 Å². The van der Waals surface area contributed by atoms with Gasteiger partial charge in [-0.15, -0.1) is 4.40 Å². The second-order valence-electron chi connectivity index (χ2n) is 5.09. The fourth-order valence-electron chi connectivity index (χ4n) is 1.43. The molecule has 0 aliphatic carbocycles. The lowest BCUT2D eigenvalue weighted by Crippen LogP contribution is -2.25. The molecule has 18 heavy (non-hydrogen) atoms. The highest BCUT2D eigenvalue weighted by molar-refractivity contribution is 7.99. The van der Waals surface area contributed by atoms with E-state index >= 15 is 0 Å². The summed E-state index contributed by atoms with van der Waals surface area (Å²) in [7, 11) is -0.249. The molecule has 0 radical (unpaired) electrons. The molecule has 0 spiro atoms. The molecule has 0 aromatic heterocycles. The highest BCUT2D eigenvalue weighted by Gasteiger charge is 2.15. The van der Waals surface area contributed by atoms with Crippen LogP contribution < -0.4 is 5.14 Å². The first-order valence-electron chi connectivity index (χ1n) is 5.91. The quantitative estimate of drug-likeness (QED) is 0.442. The summed E-state index contributed by atoms with van der Waals surface area (Å²) >= 11 is 1.85. The summed E-state index contributed by atoms with van der Waals surface area (Å²) in [6, 6.07) is 0. The van der Waals surface area contributed by atoms with Crippen LogP contribution in [0.3, 0.4) is 0 Å². The number of hydrogen-bond donors (Lipinski definition) is 1. The third-order valence-corrected chi connectivity index (χ3v) is 4.51. The summed E-state index contributed by atoms with van der Waals surface area (Å²) in [5.74, 6) is 0.513. The van der Waals surface area contributed by atoms with E-state index in [1.165, 1.54) is 0 Å². The Hall–Kier alpha value is -0.270. The molecule has 0 heterocycles. The predicted molar refractivity (Wildman–Crippen MR) is 80.3 cm³/mol. The monoisotopic (exact) mass is 295 g/mol. The highest BCUT2D eigenvalue weighted by Crippen LogP contribution is 2.27. The molecule has 0 aromatic carbocycles. The van der Waals surface area contributed by atoms with E-state index in [0.29, 0.717) is 12.3 Å². The molecule has 5 nitrogen and oxygen atoms in total. The molecule has 0 bridgehead atoms. The molecule has 108 valence electrons. The number of nitrogens with two attached hydrogens (primary N) is 1. The number of amidine groups is 1. The van der Waals surface area contributed by atoms with Gasteiger partial charge < -0.3 is 4.90 Å². The van der Waals surface area contributed by atoms with E-state index in [-0.39, 0.29) is 4.75 Å². The minimum atomic E-state index is -3.80. The Kier molecular flexibility index (Phi) is 7.24. The van der Waals surface area contributed by atoms with Gasteiger partial charge in [0.1, 0.15) is 5.84 Å². The number of rotatable bonds is 7. The number of nitrogens with zero attached hydrogens (tertiary/aromatic N) is 2. The van der Waals surface area contributed by atoms with E-state index in [2.05, 4.69) is 24.5 Å². The normalized spacial score (nSPS) is 13.8. The third kappa shape index (κ3) is 8.77. The Bertz CT molecular complexity index is 376. The van der Waals surface area contributed by atoms with Crippen LogP contribution in [-0.4, -0.2) is 44.3 Å². The zero-order valence-corrected chi connectivity index (χ0v) is 13.6. The van der Waals surface area contributed by atoms with E-state index in [0.717, 1.165) is 19.3 Å². The van der Waals surface area contributed by atoms with Gasteiger partial charge >= 0.3 is 10.2 Å². The molecule has 7 heteroatoms. The highest BCUT2D eigenvalue weighted by atomic mass is 32.2. The summed E-state index contributed by atoms with van der Waals surface area (Å²) in [6.45, 7) is 4.42. The zero-order valence-electron chi connectivity index (χ0n) is 11.9. The van der Waals surface area contributed by atoms with E-state index < -0.39 is 10.2 Å². The van der Waals surface area contributed by atoms with Crippen LogP contribution in [0.15, 0.2) is 4.40 Å². The topological polar surface area (TPSA) is 75.8 Å². The first-order chi connectivity index (χ1) is 8.07. The van der Waals surface area contributed by atoms with Crippen LogP contribution in [0.1, 0.15) is 39.5 Å². The zero-order chi connectivity index (χ0) is 14.4. The maximum atomic E-state index is 10.9. The van der Waals surface area contributed by atoms with Gasteiger partial charge in [0.25, 0.3) is 0 Å². The Balaban J connectivity index is 4.29. The number of thioether (sulfide) groups is 1. The fourth-order valence-corrected chi connectivity index (χ4v) is 2.33. The maximum absolute atomic E-state index is 10.9. The Morgan fingerprint density at radius 2 is 1.89 bits per heavy atom. The molecule has 0 unspecified atom stereocenters. The van der Waals surface area contributed by atoms with Crippen molar-refractivity contribution in [2.45, 2.75) is 44.3 Å². The van der Waals surface area contributed by atoms with Gasteiger partial charge in [0.05, 0.1) is 0 Å². The van der Waals surface area contributed by atoms with Crippen molar-refractivity contribution in [2.24, 2.45) is 9.54 Å². The predicted octanol–water partition coefficient (Wildman–Crippen LogP) is 1.85. The molecule has 0 amide bonds. The summed E-state index contributed by atoms with van der Waals surface area (Å²) in [6.07, 6.45) is 5.80. The van der Waals surface area contributed by atoms with Crippen molar-refractivity contribution in [1.82, 2.24) is 4.90 Å². The molecule has 0 saturated carbocycles. The van der Waals surface area contributed by atoms with Crippen molar-refractivity contribution in [3.8, 4) is 0 Å². The molecule has 0 aromatic rings. The first-order valence-corrected chi connectivity index (χ1v) is 8.64. The Morgan fingerprint density at radius 3 is 2.28 bits per heavy atom. The molecule has 2 N–H and O–H groups in total. The van der Waals surface area contributed by atoms with E-state index in [4.69, 9.17) is 5.14 Å². The summed E-state index contributed by atoms with van der Waals surface area (Å²) < 4.78 is 25.7. The largest absolute Gasteiger partial charge is 0.365 e. The molecule has 0 saturated heterocycles. The second kappa shape index (κ2) is 7.35. The number of unbranched alkanes of at least 4 members (excludes halogenated alkanes) is 1. The van der Waals surface area contributed by atoms with Gasteiger partial charge in [-0.25, -0.2) is 5.14 Å². The van der Waals surface area contributed by atoms with Gasteiger partial charge in [0, 0.05) is 25.3 Å². The van der Waals surface area contributed by atoms with Crippen molar-refractivity contribution < 1.29 is 8.42 Å². The van der Waals surface area contributed by atoms with Crippen LogP contribution in [0.4, 0.5) is 0 Å². The van der Waals surface area contributed by atoms with Crippen molar-refractivity contribution >= 4 is 27.8 Å². The molecular weight excluding hydrogens is 270 g/mol. The molecular formula is C11H25N3O2S2. The maximum Gasteiger partial charge on any atom is 0.318 e. The van der Waals surface area contributed by atoms with Gasteiger partial charge in [0.2, 0.25) is 0 Å². The lowest BCUT2D eigenvalue weighted by Gasteiger charge is -2.22. The average Bonchev–Trinajstić information content (AvgIpc) is 2.20. The molecule has 0 atom stereocenters. The van der Waals surface area contributed by atoms with Crippen LogP contribution in [0.25, 0.3) is 0 Å². The van der Waals surface area contributed by atoms with Crippen molar-refractivity contribution in [2.75, 3.05) is 20.4 Å². The van der Waals surface area contributed by atoms with Gasteiger partial charge in [-0.05, 0) is 19.1 Å². The van der Waals surface area contributed by atoms with E-state index in [1.807, 2.05) is 11.8 Å². The Labute approximate surface area is 115 Å². The number of hydrogen-bond acceptors (Lipinski definition) is 3. The van der Waals surface area contributed by atoms with Gasteiger partial charge in [-0.1, -0.05) is 20.3 Å². The lowest BCUT2D eigenvalue weighted by molar-refractivity contribution is 0.557. The van der Waals surface area contributed by atoms with Gasteiger partial charge in [-0.3, -0.25) is 0 Å². The SMILES string of the molecule is CSC(C)(C)CCCC/C(=N/S(N)(=O)=O)N(C)C. The smallest absolute Gasteiger partial charge is 0.318 e. The van der Waals surface area contributed by atoms with Crippen LogP contribution in [0.5, 0.6) is 0 Å². The molecule has 0 aliphatic heterocycles. The minimum absolute atomic E-state index is 0.273. The molecule has 0 fully saturated rings. The second-order valence-corrected chi connectivity index (χ2v) is 7.81. The summed E-state index contributed by atoms with van der Waals surface area (Å²) in [5.41, 5.74) is 0. The third-order valence-electron chi connectivity index (χ3n) is 2.73. The average molecular weight is 295 g/mol. The minimum Gasteiger partial charge on any atom is -0.365 e. The summed E-state index contributed by atoms with van der Waals surface area (Å²) in [4.78, 5) is 1.70. The van der Waals surface area contributed by atoms with Gasteiger partial charge in [0.15, 0.2) is 0 Å². The van der Waals surface area contributed by atoms with E-state index in [9.17, 15) is 8.42 Å².